The van der Waals surface area contributed by atoms with Gasteiger partial charge in [-0.15, -0.1) is 0 Å². The third-order valence-electron chi connectivity index (χ3n) is 2.28. The molecule has 0 bridgehead atoms. The Morgan fingerprint density at radius 2 is 2.27 bits per heavy atom. The molecule has 84 valence electrons. The Balaban J connectivity index is 2.20. The number of hydrogen-bond donors (Lipinski definition) is 1. The number of hydrogen-bond acceptors (Lipinski definition) is 5. The molecule has 15 heavy (non-hydrogen) atoms. The van der Waals surface area contributed by atoms with Crippen LogP contribution in [-0.4, -0.2) is 35.4 Å². The lowest BCUT2D eigenvalue weighted by Gasteiger charge is -2.14. The van der Waals surface area contributed by atoms with E-state index in [1.54, 1.807) is 6.20 Å². The lowest BCUT2D eigenvalue weighted by Crippen LogP contribution is -2.33. The summed E-state index contributed by atoms with van der Waals surface area (Å²) >= 11 is 0. The van der Waals surface area contributed by atoms with Crippen LogP contribution in [0.1, 0.15) is 18.2 Å². The molecule has 0 saturated heterocycles. The van der Waals surface area contributed by atoms with Crippen molar-refractivity contribution in [3.63, 3.8) is 0 Å². The van der Waals surface area contributed by atoms with E-state index in [2.05, 4.69) is 10.5 Å². The average molecular weight is 230 g/mol. The Hall–Kier alpha value is -0.920. The van der Waals surface area contributed by atoms with Crippen molar-refractivity contribution in [1.29, 1.82) is 0 Å². The summed E-state index contributed by atoms with van der Waals surface area (Å²) in [4.78, 5) is 0. The van der Waals surface area contributed by atoms with E-state index in [-0.39, 0.29) is 0 Å². The van der Waals surface area contributed by atoms with Crippen LogP contribution in [0.15, 0.2) is 6.20 Å². The zero-order valence-corrected chi connectivity index (χ0v) is 9.58. The van der Waals surface area contributed by atoms with E-state index in [9.17, 15) is 8.42 Å². The maximum Gasteiger partial charge on any atom is 0.250 e. The highest BCUT2D eigenvalue weighted by Crippen LogP contribution is 2.19. The molecule has 6 nitrogen and oxygen atoms in total. The third kappa shape index (κ3) is 2.04. The number of rotatable bonds is 3. The molecule has 0 amide bonds. The van der Waals surface area contributed by atoms with Crippen LogP contribution in [-0.2, 0) is 23.1 Å². The van der Waals surface area contributed by atoms with Crippen LogP contribution < -0.4 is 5.43 Å². The summed E-state index contributed by atoms with van der Waals surface area (Å²) in [7, 11) is -3.24. The van der Waals surface area contributed by atoms with E-state index < -0.39 is 10.0 Å². The Morgan fingerprint density at radius 3 is 2.80 bits per heavy atom. The third-order valence-corrected chi connectivity index (χ3v) is 3.15. The monoisotopic (exact) mass is 230 g/mol. The summed E-state index contributed by atoms with van der Waals surface area (Å²) in [5.74, 6) is 0. The van der Waals surface area contributed by atoms with Crippen molar-refractivity contribution in [2.24, 2.45) is 0 Å². The van der Waals surface area contributed by atoms with Crippen molar-refractivity contribution in [1.82, 2.24) is 19.6 Å². The van der Waals surface area contributed by atoms with Crippen molar-refractivity contribution in [3.8, 4) is 0 Å². The van der Waals surface area contributed by atoms with Gasteiger partial charge in [-0.05, 0) is 0 Å². The summed E-state index contributed by atoms with van der Waals surface area (Å²) in [5.41, 5.74) is 4.98. The van der Waals surface area contributed by atoms with Crippen LogP contribution in [0.2, 0.25) is 0 Å². The van der Waals surface area contributed by atoms with Crippen LogP contribution >= 0.6 is 0 Å². The molecule has 0 fully saturated rings. The first kappa shape index (κ1) is 10.6. The summed E-state index contributed by atoms with van der Waals surface area (Å²) < 4.78 is 23.5. The minimum Gasteiger partial charge on any atom is -0.255 e. The number of hydrazine groups is 1. The van der Waals surface area contributed by atoms with Gasteiger partial charge in [0.15, 0.2) is 0 Å². The molecule has 1 aromatic rings. The predicted octanol–water partition coefficient (Wildman–Crippen LogP) is -0.469. The second-order valence-electron chi connectivity index (χ2n) is 3.60. The fourth-order valence-electron chi connectivity index (χ4n) is 1.63. The van der Waals surface area contributed by atoms with E-state index in [1.165, 1.54) is 0 Å². The van der Waals surface area contributed by atoms with Crippen molar-refractivity contribution in [3.05, 3.63) is 17.5 Å². The molecule has 7 heteroatoms. The molecule has 2 heterocycles. The predicted molar refractivity (Wildman–Crippen MR) is 55.4 cm³/mol. The second kappa shape index (κ2) is 3.58. The van der Waals surface area contributed by atoms with Gasteiger partial charge < -0.3 is 0 Å². The molecule has 1 aliphatic heterocycles. The molecular formula is C8H14N4O2S. The van der Waals surface area contributed by atoms with Crippen molar-refractivity contribution in [2.45, 2.75) is 20.0 Å². The maximum atomic E-state index is 11.2. The molecule has 0 saturated carbocycles. The normalized spacial score (nSPS) is 16.9. The molecule has 0 radical (unpaired) electrons. The lowest BCUT2D eigenvalue weighted by molar-refractivity contribution is 0.193. The van der Waals surface area contributed by atoms with Gasteiger partial charge in [-0.25, -0.2) is 13.4 Å². The molecule has 0 atom stereocenters. The van der Waals surface area contributed by atoms with E-state index >= 15 is 0 Å². The van der Waals surface area contributed by atoms with Gasteiger partial charge >= 0.3 is 0 Å². The van der Waals surface area contributed by atoms with Crippen LogP contribution in [0.4, 0.5) is 0 Å². The van der Waals surface area contributed by atoms with Crippen LogP contribution in [0, 0.1) is 0 Å². The van der Waals surface area contributed by atoms with Gasteiger partial charge in [-0.2, -0.15) is 9.19 Å². The molecule has 0 unspecified atom stereocenters. The van der Waals surface area contributed by atoms with Crippen LogP contribution in [0.3, 0.4) is 0 Å². The molecular weight excluding hydrogens is 216 g/mol. The van der Waals surface area contributed by atoms with Gasteiger partial charge in [-0.3, -0.25) is 5.43 Å². The zero-order valence-electron chi connectivity index (χ0n) is 8.77. The quantitative estimate of drug-likeness (QED) is 0.760. The Labute approximate surface area is 88.9 Å². The van der Waals surface area contributed by atoms with Crippen LogP contribution in [0.25, 0.3) is 0 Å². The van der Waals surface area contributed by atoms with Gasteiger partial charge in [0.2, 0.25) is 0 Å². The summed E-state index contributed by atoms with van der Waals surface area (Å²) in [6.07, 6.45) is 2.74. The highest BCUT2D eigenvalue weighted by atomic mass is 32.2. The van der Waals surface area contributed by atoms with Gasteiger partial charge in [0.25, 0.3) is 10.0 Å². The molecule has 0 aliphatic carbocycles. The highest BCUT2D eigenvalue weighted by Gasteiger charge is 2.23. The second-order valence-corrected chi connectivity index (χ2v) is 5.44. The average Bonchev–Trinajstić information content (AvgIpc) is 2.59. The van der Waals surface area contributed by atoms with E-state index in [0.29, 0.717) is 13.1 Å². The summed E-state index contributed by atoms with van der Waals surface area (Å²) in [6.45, 7) is 4.24. The largest absolute Gasteiger partial charge is 0.255 e. The van der Waals surface area contributed by atoms with Crippen LogP contribution in [0.5, 0.6) is 0 Å². The van der Waals surface area contributed by atoms with Gasteiger partial charge in [0, 0.05) is 24.8 Å². The molecule has 1 aliphatic rings. The van der Waals surface area contributed by atoms with Gasteiger partial charge in [0.05, 0.1) is 18.5 Å². The minimum absolute atomic E-state index is 0.658. The smallest absolute Gasteiger partial charge is 0.250 e. The molecule has 0 aromatic carbocycles. The summed E-state index contributed by atoms with van der Waals surface area (Å²) in [6, 6.07) is 0. The topological polar surface area (TPSA) is 67.2 Å². The Kier molecular flexibility index (Phi) is 2.53. The Bertz CT molecular complexity index is 441. The first-order valence-corrected chi connectivity index (χ1v) is 6.62. The number of nitrogens with one attached hydrogen (secondary N) is 1. The van der Waals surface area contributed by atoms with Crippen molar-refractivity contribution >= 4 is 10.0 Å². The highest BCUT2D eigenvalue weighted by molar-refractivity contribution is 7.89. The van der Waals surface area contributed by atoms with Gasteiger partial charge in [0.1, 0.15) is 0 Å². The number of nitrogens with zero attached hydrogens (tertiary/aromatic N) is 3. The maximum absolute atomic E-state index is 11.2. The zero-order chi connectivity index (χ0) is 11.1. The molecule has 1 N–H and O–H groups in total. The van der Waals surface area contributed by atoms with E-state index in [0.717, 1.165) is 28.1 Å². The fourth-order valence-corrected chi connectivity index (χ4v) is 2.20. The summed E-state index contributed by atoms with van der Waals surface area (Å²) in [5, 5.41) is 6.06. The molecule has 0 spiro atoms. The lowest BCUT2D eigenvalue weighted by atomic mass is 10.3. The first-order chi connectivity index (χ1) is 7.00. The van der Waals surface area contributed by atoms with E-state index in [4.69, 9.17) is 0 Å². The van der Waals surface area contributed by atoms with Crippen molar-refractivity contribution in [2.75, 3.05) is 12.8 Å². The Morgan fingerprint density at radius 1 is 1.53 bits per heavy atom. The molecule has 2 rings (SSSR count). The van der Waals surface area contributed by atoms with Gasteiger partial charge in [-0.1, -0.05) is 6.92 Å². The first-order valence-electron chi connectivity index (χ1n) is 4.77. The number of aromatic nitrogens is 2. The minimum atomic E-state index is -3.24. The van der Waals surface area contributed by atoms with Crippen molar-refractivity contribution < 1.29 is 8.42 Å². The fraction of sp³-hybridized carbons (Fsp3) is 0.625. The SMILES string of the molecule is CCNN1Cc2cn(S(C)(=O)=O)nc2C1. The molecule has 1 aromatic heterocycles. The standard InChI is InChI=1S/C8H14N4O2S/c1-3-9-11-4-7-5-12(15(2,13)14)10-8(7)6-11/h5,9H,3-4,6H2,1-2H3. The van der Waals surface area contributed by atoms with E-state index in [1.807, 2.05) is 11.9 Å². The number of fused-ring (bicyclic) bond motifs is 1.